The number of halogens is 1. The van der Waals surface area contributed by atoms with Gasteiger partial charge in [-0.2, -0.15) is 0 Å². The predicted octanol–water partition coefficient (Wildman–Crippen LogP) is 3.09. The van der Waals surface area contributed by atoms with Gasteiger partial charge in [-0.3, -0.25) is 0 Å². The Bertz CT molecular complexity index is 341. The number of hydrogen-bond acceptors (Lipinski definition) is 3. The first-order chi connectivity index (χ1) is 7.70. The quantitative estimate of drug-likeness (QED) is 0.825. The number of nitrogens with zero attached hydrogens (tertiary/aromatic N) is 2. The Morgan fingerprint density at radius 3 is 2.69 bits per heavy atom. The summed E-state index contributed by atoms with van der Waals surface area (Å²) in [7, 11) is 0. The van der Waals surface area contributed by atoms with Crippen molar-refractivity contribution < 1.29 is 0 Å². The van der Waals surface area contributed by atoms with Crippen LogP contribution in [0.15, 0.2) is 12.1 Å². The molecule has 0 saturated heterocycles. The highest BCUT2D eigenvalue weighted by molar-refractivity contribution is 6.29. The third-order valence-corrected chi connectivity index (χ3v) is 3.40. The zero-order chi connectivity index (χ0) is 11.5. The lowest BCUT2D eigenvalue weighted by Crippen LogP contribution is -2.33. The zero-order valence-corrected chi connectivity index (χ0v) is 10.4. The van der Waals surface area contributed by atoms with Crippen molar-refractivity contribution >= 4 is 23.1 Å². The van der Waals surface area contributed by atoms with E-state index in [4.69, 9.17) is 17.3 Å². The second-order valence-corrected chi connectivity index (χ2v) is 4.69. The SMILES string of the molecule is CCN(c1cc(N)cc(Cl)n1)C1CCCC1. The summed E-state index contributed by atoms with van der Waals surface area (Å²) in [6, 6.07) is 4.21. The molecule has 0 radical (unpaired) electrons. The number of anilines is 2. The summed E-state index contributed by atoms with van der Waals surface area (Å²) in [5.41, 5.74) is 6.49. The van der Waals surface area contributed by atoms with Gasteiger partial charge in [0.25, 0.3) is 0 Å². The van der Waals surface area contributed by atoms with Crippen molar-refractivity contribution in [2.24, 2.45) is 0 Å². The molecule has 1 aliphatic rings. The summed E-state index contributed by atoms with van der Waals surface area (Å²) in [4.78, 5) is 6.68. The van der Waals surface area contributed by atoms with Crippen LogP contribution in [0.1, 0.15) is 32.6 Å². The molecular weight excluding hydrogens is 222 g/mol. The summed E-state index contributed by atoms with van der Waals surface area (Å²) in [6.45, 7) is 3.11. The van der Waals surface area contributed by atoms with Crippen LogP contribution in [0, 0.1) is 0 Å². The molecule has 1 heterocycles. The highest BCUT2D eigenvalue weighted by Crippen LogP contribution is 2.28. The largest absolute Gasteiger partial charge is 0.399 e. The Balaban J connectivity index is 2.24. The number of pyridine rings is 1. The number of nitrogen functional groups attached to an aromatic ring is 1. The van der Waals surface area contributed by atoms with Crippen LogP contribution in [0.25, 0.3) is 0 Å². The van der Waals surface area contributed by atoms with Crippen LogP contribution < -0.4 is 10.6 Å². The number of nitrogens with two attached hydrogens (primary N) is 1. The lowest BCUT2D eigenvalue weighted by Gasteiger charge is -2.29. The van der Waals surface area contributed by atoms with Crippen LogP contribution in [0.4, 0.5) is 11.5 Å². The molecule has 4 heteroatoms. The van der Waals surface area contributed by atoms with Gasteiger partial charge >= 0.3 is 0 Å². The lowest BCUT2D eigenvalue weighted by molar-refractivity contribution is 0.613. The zero-order valence-electron chi connectivity index (χ0n) is 9.62. The van der Waals surface area contributed by atoms with Crippen LogP contribution in [-0.2, 0) is 0 Å². The molecule has 16 heavy (non-hydrogen) atoms. The fourth-order valence-corrected chi connectivity index (χ4v) is 2.69. The monoisotopic (exact) mass is 239 g/mol. The van der Waals surface area contributed by atoms with E-state index in [9.17, 15) is 0 Å². The summed E-state index contributed by atoms with van der Waals surface area (Å²) in [5, 5.41) is 0.478. The van der Waals surface area contributed by atoms with E-state index in [1.54, 1.807) is 6.07 Å². The minimum Gasteiger partial charge on any atom is -0.399 e. The molecule has 2 rings (SSSR count). The van der Waals surface area contributed by atoms with Crippen molar-refractivity contribution in [3.8, 4) is 0 Å². The first-order valence-electron chi connectivity index (χ1n) is 5.90. The van der Waals surface area contributed by atoms with Gasteiger partial charge in [-0.15, -0.1) is 0 Å². The van der Waals surface area contributed by atoms with Gasteiger partial charge < -0.3 is 10.6 Å². The minimum absolute atomic E-state index is 0.478. The molecule has 2 N–H and O–H groups in total. The topological polar surface area (TPSA) is 42.1 Å². The molecule has 1 aliphatic carbocycles. The van der Waals surface area contributed by atoms with E-state index in [1.165, 1.54) is 25.7 Å². The van der Waals surface area contributed by atoms with Crippen molar-refractivity contribution in [2.75, 3.05) is 17.2 Å². The molecular formula is C12H18ClN3. The Hall–Kier alpha value is -0.960. The Morgan fingerprint density at radius 1 is 1.44 bits per heavy atom. The first kappa shape index (κ1) is 11.5. The van der Waals surface area contributed by atoms with E-state index < -0.39 is 0 Å². The van der Waals surface area contributed by atoms with E-state index in [0.29, 0.717) is 16.9 Å². The standard InChI is InChI=1S/C12H18ClN3/c1-2-16(10-5-3-4-6-10)12-8-9(14)7-11(13)15-12/h7-8,10H,2-6H2,1H3,(H2,14,15). The molecule has 1 fully saturated rings. The summed E-state index contributed by atoms with van der Waals surface area (Å²) < 4.78 is 0. The Labute approximate surface area is 102 Å². The lowest BCUT2D eigenvalue weighted by atomic mass is 10.2. The Kier molecular flexibility index (Phi) is 3.54. The molecule has 0 bridgehead atoms. The molecule has 0 unspecified atom stereocenters. The van der Waals surface area contributed by atoms with Gasteiger partial charge in [0.2, 0.25) is 0 Å². The van der Waals surface area contributed by atoms with Crippen LogP contribution >= 0.6 is 11.6 Å². The van der Waals surface area contributed by atoms with Gasteiger partial charge in [0, 0.05) is 24.3 Å². The van der Waals surface area contributed by atoms with Crippen molar-refractivity contribution in [2.45, 2.75) is 38.6 Å². The maximum absolute atomic E-state index is 5.94. The van der Waals surface area contributed by atoms with Crippen molar-refractivity contribution in [3.63, 3.8) is 0 Å². The van der Waals surface area contributed by atoms with E-state index in [0.717, 1.165) is 12.4 Å². The molecule has 0 aliphatic heterocycles. The second-order valence-electron chi connectivity index (χ2n) is 4.31. The normalized spacial score (nSPS) is 16.6. The minimum atomic E-state index is 0.478. The number of rotatable bonds is 3. The van der Waals surface area contributed by atoms with E-state index >= 15 is 0 Å². The molecule has 1 saturated carbocycles. The van der Waals surface area contributed by atoms with E-state index in [2.05, 4.69) is 16.8 Å². The molecule has 1 aromatic heterocycles. The number of aromatic nitrogens is 1. The molecule has 0 aromatic carbocycles. The summed E-state index contributed by atoms with van der Waals surface area (Å²) in [6.07, 6.45) is 5.14. The van der Waals surface area contributed by atoms with Crippen molar-refractivity contribution in [3.05, 3.63) is 17.3 Å². The molecule has 0 amide bonds. The molecule has 0 spiro atoms. The maximum Gasteiger partial charge on any atom is 0.133 e. The molecule has 3 nitrogen and oxygen atoms in total. The predicted molar refractivity (Wildman–Crippen MR) is 68.9 cm³/mol. The average molecular weight is 240 g/mol. The third kappa shape index (κ3) is 2.40. The van der Waals surface area contributed by atoms with Gasteiger partial charge in [-0.05, 0) is 25.8 Å². The second kappa shape index (κ2) is 4.91. The summed E-state index contributed by atoms with van der Waals surface area (Å²) >= 11 is 5.94. The van der Waals surface area contributed by atoms with Gasteiger partial charge in [0.1, 0.15) is 11.0 Å². The highest BCUT2D eigenvalue weighted by atomic mass is 35.5. The van der Waals surface area contributed by atoms with E-state index in [1.807, 2.05) is 6.07 Å². The van der Waals surface area contributed by atoms with Crippen LogP contribution in [0.3, 0.4) is 0 Å². The molecule has 1 aromatic rings. The van der Waals surface area contributed by atoms with Crippen LogP contribution in [-0.4, -0.2) is 17.6 Å². The first-order valence-corrected chi connectivity index (χ1v) is 6.28. The van der Waals surface area contributed by atoms with Gasteiger partial charge in [0.15, 0.2) is 0 Å². The highest BCUT2D eigenvalue weighted by Gasteiger charge is 2.22. The Morgan fingerprint density at radius 2 is 2.12 bits per heavy atom. The fraction of sp³-hybridized carbons (Fsp3) is 0.583. The maximum atomic E-state index is 5.94. The fourth-order valence-electron chi connectivity index (χ4n) is 2.47. The molecule has 0 atom stereocenters. The van der Waals surface area contributed by atoms with Gasteiger partial charge in [0.05, 0.1) is 0 Å². The number of hydrogen-bond donors (Lipinski definition) is 1. The van der Waals surface area contributed by atoms with Crippen molar-refractivity contribution in [1.29, 1.82) is 0 Å². The third-order valence-electron chi connectivity index (χ3n) is 3.20. The molecule has 88 valence electrons. The van der Waals surface area contributed by atoms with Crippen LogP contribution in [0.2, 0.25) is 5.15 Å². The average Bonchev–Trinajstić information content (AvgIpc) is 2.70. The van der Waals surface area contributed by atoms with E-state index in [-0.39, 0.29) is 0 Å². The van der Waals surface area contributed by atoms with Gasteiger partial charge in [-0.25, -0.2) is 4.98 Å². The van der Waals surface area contributed by atoms with Crippen LogP contribution in [0.5, 0.6) is 0 Å². The van der Waals surface area contributed by atoms with Gasteiger partial charge in [-0.1, -0.05) is 24.4 Å². The summed E-state index contributed by atoms with van der Waals surface area (Å²) in [5.74, 6) is 0.916. The van der Waals surface area contributed by atoms with Crippen molar-refractivity contribution in [1.82, 2.24) is 4.98 Å². The smallest absolute Gasteiger partial charge is 0.133 e.